The van der Waals surface area contributed by atoms with Gasteiger partial charge in [0.1, 0.15) is 11.4 Å². The van der Waals surface area contributed by atoms with Crippen LogP contribution in [0.25, 0.3) is 0 Å². The predicted octanol–water partition coefficient (Wildman–Crippen LogP) is 3.61. The van der Waals surface area contributed by atoms with Crippen LogP contribution in [-0.2, 0) is 4.74 Å². The summed E-state index contributed by atoms with van der Waals surface area (Å²) in [4.78, 5) is 11.3. The van der Waals surface area contributed by atoms with Crippen molar-refractivity contribution in [3.05, 3.63) is 27.8 Å². The fourth-order valence-corrected chi connectivity index (χ4v) is 1.41. The summed E-state index contributed by atoms with van der Waals surface area (Å²) in [6.45, 7) is 5.38. The lowest BCUT2D eigenvalue weighted by atomic mass is 10.2. The molecule has 82 valence electrons. The number of benzene rings is 1. The first-order valence-corrected chi connectivity index (χ1v) is 5.61. The van der Waals surface area contributed by atoms with Crippen molar-refractivity contribution in [1.29, 1.82) is 0 Å². The maximum absolute atomic E-state index is 11.3. The Morgan fingerprint density at radius 2 is 2.00 bits per heavy atom. The number of rotatable bonds is 1. The molecule has 0 aliphatic rings. The smallest absolute Gasteiger partial charge is 0.428 e. The normalized spacial score (nSPS) is 10.9. The average molecular weight is 320 g/mol. The first-order valence-electron chi connectivity index (χ1n) is 4.53. The van der Waals surface area contributed by atoms with Gasteiger partial charge in [0.25, 0.3) is 0 Å². The Bertz CT molecular complexity index is 355. The summed E-state index contributed by atoms with van der Waals surface area (Å²) in [6, 6.07) is 7.22. The van der Waals surface area contributed by atoms with Gasteiger partial charge in [0.15, 0.2) is 0 Å². The van der Waals surface area contributed by atoms with Crippen LogP contribution in [0, 0.1) is 3.57 Å². The Morgan fingerprint density at radius 1 is 1.33 bits per heavy atom. The number of hydrogen-bond acceptors (Lipinski definition) is 3. The summed E-state index contributed by atoms with van der Waals surface area (Å²) in [7, 11) is 0. The summed E-state index contributed by atoms with van der Waals surface area (Å²) >= 11 is 2.15. The molecule has 0 N–H and O–H groups in total. The third-order valence-electron chi connectivity index (χ3n) is 1.39. The third kappa shape index (κ3) is 5.01. The maximum Gasteiger partial charge on any atom is 0.514 e. The molecule has 0 bridgehead atoms. The van der Waals surface area contributed by atoms with E-state index in [4.69, 9.17) is 9.47 Å². The number of carbonyl (C=O) groups is 1. The van der Waals surface area contributed by atoms with Gasteiger partial charge in [-0.1, -0.05) is 6.07 Å². The largest absolute Gasteiger partial charge is 0.514 e. The highest BCUT2D eigenvalue weighted by atomic mass is 127. The fraction of sp³-hybridized carbons (Fsp3) is 0.364. The van der Waals surface area contributed by atoms with Crippen molar-refractivity contribution in [2.45, 2.75) is 26.4 Å². The molecule has 0 heterocycles. The van der Waals surface area contributed by atoms with E-state index >= 15 is 0 Å². The Labute approximate surface area is 103 Å². The highest BCUT2D eigenvalue weighted by Gasteiger charge is 2.17. The van der Waals surface area contributed by atoms with E-state index in [2.05, 4.69) is 22.6 Å². The predicted molar refractivity (Wildman–Crippen MR) is 66.0 cm³/mol. The van der Waals surface area contributed by atoms with Crippen LogP contribution in [0.1, 0.15) is 20.8 Å². The molecule has 0 unspecified atom stereocenters. The molecule has 0 amide bonds. The van der Waals surface area contributed by atoms with Gasteiger partial charge in [-0.15, -0.1) is 0 Å². The number of carbonyl (C=O) groups excluding carboxylic acids is 1. The minimum absolute atomic E-state index is 0.496. The lowest BCUT2D eigenvalue weighted by molar-refractivity contribution is 0.0206. The highest BCUT2D eigenvalue weighted by molar-refractivity contribution is 14.1. The fourth-order valence-electron chi connectivity index (χ4n) is 0.898. The molecule has 4 heteroatoms. The van der Waals surface area contributed by atoms with Gasteiger partial charge in [-0.3, -0.25) is 0 Å². The van der Waals surface area contributed by atoms with E-state index in [0.29, 0.717) is 5.75 Å². The van der Waals surface area contributed by atoms with Crippen LogP contribution >= 0.6 is 22.6 Å². The zero-order valence-corrected chi connectivity index (χ0v) is 11.1. The van der Waals surface area contributed by atoms with E-state index in [-0.39, 0.29) is 0 Å². The Kier molecular flexibility index (Phi) is 3.96. The molecular weight excluding hydrogens is 307 g/mol. The molecule has 1 aromatic rings. The standard InChI is InChI=1S/C11H13IO3/c1-11(2,3)15-10(13)14-9-6-4-5-8(12)7-9/h4-7H,1-3H3. The molecule has 0 fully saturated rings. The van der Waals surface area contributed by atoms with E-state index in [1.54, 1.807) is 32.9 Å². The second kappa shape index (κ2) is 4.83. The van der Waals surface area contributed by atoms with Crippen LogP contribution in [0.4, 0.5) is 4.79 Å². The Morgan fingerprint density at radius 3 is 2.53 bits per heavy atom. The zero-order chi connectivity index (χ0) is 11.5. The molecule has 0 aliphatic carbocycles. The van der Waals surface area contributed by atoms with Crippen molar-refractivity contribution in [1.82, 2.24) is 0 Å². The quantitative estimate of drug-likeness (QED) is 0.450. The van der Waals surface area contributed by atoms with Gasteiger partial charge in [0.2, 0.25) is 0 Å². The maximum atomic E-state index is 11.3. The summed E-state index contributed by atoms with van der Waals surface area (Å²) in [5.74, 6) is 0.496. The summed E-state index contributed by atoms with van der Waals surface area (Å²) in [6.07, 6.45) is -0.676. The molecule has 0 aliphatic heterocycles. The molecule has 3 nitrogen and oxygen atoms in total. The van der Waals surface area contributed by atoms with Crippen molar-refractivity contribution < 1.29 is 14.3 Å². The van der Waals surface area contributed by atoms with Crippen molar-refractivity contribution in [2.24, 2.45) is 0 Å². The number of hydrogen-bond donors (Lipinski definition) is 0. The molecule has 0 saturated carbocycles. The van der Waals surface area contributed by atoms with Crippen LogP contribution in [0.15, 0.2) is 24.3 Å². The molecule has 0 atom stereocenters. The van der Waals surface area contributed by atoms with Crippen molar-refractivity contribution >= 4 is 28.7 Å². The summed E-state index contributed by atoms with van der Waals surface area (Å²) in [5, 5.41) is 0. The summed E-state index contributed by atoms with van der Waals surface area (Å²) in [5.41, 5.74) is -0.529. The van der Waals surface area contributed by atoms with Crippen LogP contribution < -0.4 is 4.74 Å². The molecule has 0 spiro atoms. The Hall–Kier alpha value is -0.780. The lowest BCUT2D eigenvalue weighted by Crippen LogP contribution is -2.25. The van der Waals surface area contributed by atoms with E-state index in [9.17, 15) is 4.79 Å². The van der Waals surface area contributed by atoms with Crippen LogP contribution in [-0.4, -0.2) is 11.8 Å². The highest BCUT2D eigenvalue weighted by Crippen LogP contribution is 2.16. The first kappa shape index (κ1) is 12.3. The van der Waals surface area contributed by atoms with Gasteiger partial charge in [0.05, 0.1) is 0 Å². The molecule has 1 aromatic carbocycles. The second-order valence-corrected chi connectivity index (χ2v) is 5.27. The number of ether oxygens (including phenoxy) is 2. The van der Waals surface area contributed by atoms with E-state index in [1.807, 2.05) is 12.1 Å². The zero-order valence-electron chi connectivity index (χ0n) is 8.91. The van der Waals surface area contributed by atoms with Crippen LogP contribution in [0.3, 0.4) is 0 Å². The van der Waals surface area contributed by atoms with Crippen LogP contribution in [0.2, 0.25) is 0 Å². The van der Waals surface area contributed by atoms with Gasteiger partial charge in [-0.25, -0.2) is 4.79 Å². The molecule has 0 saturated heterocycles. The second-order valence-electron chi connectivity index (χ2n) is 4.02. The van der Waals surface area contributed by atoms with Gasteiger partial charge < -0.3 is 9.47 Å². The minimum Gasteiger partial charge on any atom is -0.428 e. The molecule has 0 aromatic heterocycles. The Balaban J connectivity index is 2.59. The van der Waals surface area contributed by atoms with Crippen LogP contribution in [0.5, 0.6) is 5.75 Å². The third-order valence-corrected chi connectivity index (χ3v) is 2.06. The van der Waals surface area contributed by atoms with Gasteiger partial charge in [0, 0.05) is 3.57 Å². The molecule has 0 radical (unpaired) electrons. The molecular formula is C11H13IO3. The van der Waals surface area contributed by atoms with E-state index < -0.39 is 11.8 Å². The topological polar surface area (TPSA) is 35.5 Å². The van der Waals surface area contributed by atoms with Crippen molar-refractivity contribution in [3.8, 4) is 5.75 Å². The van der Waals surface area contributed by atoms with Gasteiger partial charge >= 0.3 is 6.16 Å². The lowest BCUT2D eigenvalue weighted by Gasteiger charge is -2.18. The first-order chi connectivity index (χ1) is 6.87. The molecule has 15 heavy (non-hydrogen) atoms. The minimum atomic E-state index is -0.676. The van der Waals surface area contributed by atoms with E-state index in [1.165, 1.54) is 0 Å². The van der Waals surface area contributed by atoms with E-state index in [0.717, 1.165) is 3.57 Å². The van der Waals surface area contributed by atoms with Gasteiger partial charge in [-0.2, -0.15) is 0 Å². The monoisotopic (exact) mass is 320 g/mol. The number of halogens is 1. The van der Waals surface area contributed by atoms with Crippen molar-refractivity contribution in [2.75, 3.05) is 0 Å². The van der Waals surface area contributed by atoms with Crippen molar-refractivity contribution in [3.63, 3.8) is 0 Å². The average Bonchev–Trinajstić information content (AvgIpc) is 1.99. The summed E-state index contributed by atoms with van der Waals surface area (Å²) < 4.78 is 11.0. The van der Waals surface area contributed by atoms with Gasteiger partial charge in [-0.05, 0) is 61.6 Å². The SMILES string of the molecule is CC(C)(C)OC(=O)Oc1cccc(I)c1. The molecule has 1 rings (SSSR count).